The van der Waals surface area contributed by atoms with Crippen LogP contribution in [0, 0.1) is 0 Å². The van der Waals surface area contributed by atoms with Gasteiger partial charge in [-0.05, 0) is 0 Å². The van der Waals surface area contributed by atoms with Crippen molar-refractivity contribution in [3.05, 3.63) is 0 Å². The van der Waals surface area contributed by atoms with Gasteiger partial charge in [0.25, 0.3) is 0 Å². The van der Waals surface area contributed by atoms with Crippen LogP contribution >= 0.6 is 0 Å². The van der Waals surface area contributed by atoms with Gasteiger partial charge in [-0.1, -0.05) is 0 Å². The van der Waals surface area contributed by atoms with Crippen LogP contribution in [0.15, 0.2) is 0 Å². The van der Waals surface area contributed by atoms with Crippen LogP contribution in [0.2, 0.25) is 0 Å². The first kappa shape index (κ1) is 10.0. The van der Waals surface area contributed by atoms with Crippen LogP contribution < -0.4 is 5.73 Å². The Morgan fingerprint density at radius 2 is 1.82 bits per heavy atom. The van der Waals surface area contributed by atoms with E-state index in [0.29, 0.717) is 0 Å². The molecule has 6 nitrogen and oxygen atoms in total. The number of aldehydes is 1. The molecule has 0 aromatic heterocycles. The van der Waals surface area contributed by atoms with E-state index in [4.69, 9.17) is 15.3 Å². The van der Waals surface area contributed by atoms with Crippen molar-refractivity contribution >= 4 is 12.2 Å². The fraction of sp³-hybridized carbons (Fsp3) is 0.600. The lowest BCUT2D eigenvalue weighted by molar-refractivity contribution is -0.140. The standard InChI is InChI=1S/C5H9NO5/c6-5(11)4(10)3(9)2(8)1-7/h1-4,8-10H,(H2,6,11)/t2-,3+,4+/m1/s1. The van der Waals surface area contributed by atoms with Gasteiger partial charge in [0, 0.05) is 0 Å². The monoisotopic (exact) mass is 163 g/mol. The van der Waals surface area contributed by atoms with Crippen LogP contribution in [-0.4, -0.2) is 45.8 Å². The summed E-state index contributed by atoms with van der Waals surface area (Å²) in [5, 5.41) is 25.9. The molecule has 0 heterocycles. The molecule has 6 heteroatoms. The lowest BCUT2D eigenvalue weighted by Gasteiger charge is -2.15. The Balaban J connectivity index is 4.11. The summed E-state index contributed by atoms with van der Waals surface area (Å²) in [6.45, 7) is 0. The third kappa shape index (κ3) is 2.62. The van der Waals surface area contributed by atoms with Gasteiger partial charge < -0.3 is 25.8 Å². The Kier molecular flexibility index (Phi) is 3.66. The minimum atomic E-state index is -1.92. The van der Waals surface area contributed by atoms with E-state index in [9.17, 15) is 9.59 Å². The topological polar surface area (TPSA) is 121 Å². The first-order valence-electron chi connectivity index (χ1n) is 2.79. The average Bonchev–Trinajstić information content (AvgIpc) is 2.00. The van der Waals surface area contributed by atoms with Crippen molar-refractivity contribution in [2.45, 2.75) is 18.3 Å². The van der Waals surface area contributed by atoms with Gasteiger partial charge >= 0.3 is 0 Å². The highest BCUT2D eigenvalue weighted by atomic mass is 16.4. The number of amides is 1. The number of nitrogens with two attached hydrogens (primary N) is 1. The molecule has 0 aromatic carbocycles. The van der Waals surface area contributed by atoms with Crippen molar-refractivity contribution in [1.82, 2.24) is 0 Å². The number of carbonyl (C=O) groups excluding carboxylic acids is 2. The van der Waals surface area contributed by atoms with Gasteiger partial charge in [-0.25, -0.2) is 0 Å². The molecule has 0 unspecified atom stereocenters. The number of primary amides is 1. The number of aliphatic hydroxyl groups excluding tert-OH is 3. The number of hydrogen-bond donors (Lipinski definition) is 4. The smallest absolute Gasteiger partial charge is 0.249 e. The molecule has 0 bridgehead atoms. The predicted octanol–water partition coefficient (Wildman–Crippen LogP) is -3.25. The number of hydrogen-bond acceptors (Lipinski definition) is 5. The molecular weight excluding hydrogens is 154 g/mol. The van der Waals surface area contributed by atoms with Crippen molar-refractivity contribution in [2.24, 2.45) is 5.73 Å². The Morgan fingerprint density at radius 3 is 2.09 bits per heavy atom. The zero-order valence-electron chi connectivity index (χ0n) is 5.54. The van der Waals surface area contributed by atoms with Crippen molar-refractivity contribution in [2.75, 3.05) is 0 Å². The predicted molar refractivity (Wildman–Crippen MR) is 33.3 cm³/mol. The summed E-state index contributed by atoms with van der Waals surface area (Å²) in [5.74, 6) is -1.20. The molecule has 11 heavy (non-hydrogen) atoms. The van der Waals surface area contributed by atoms with E-state index in [1.807, 2.05) is 0 Å². The van der Waals surface area contributed by atoms with Crippen LogP contribution in [-0.2, 0) is 9.59 Å². The van der Waals surface area contributed by atoms with Crippen LogP contribution in [0.25, 0.3) is 0 Å². The minimum absolute atomic E-state index is 0.00315. The number of aliphatic hydroxyl groups is 3. The minimum Gasteiger partial charge on any atom is -0.387 e. The molecule has 0 saturated heterocycles. The average molecular weight is 163 g/mol. The van der Waals surface area contributed by atoms with Crippen LogP contribution in [0.3, 0.4) is 0 Å². The second-order valence-corrected chi connectivity index (χ2v) is 1.96. The zero-order chi connectivity index (χ0) is 9.02. The fourth-order valence-electron chi connectivity index (χ4n) is 0.436. The molecule has 0 fully saturated rings. The first-order chi connectivity index (χ1) is 5.00. The van der Waals surface area contributed by atoms with Crippen molar-refractivity contribution in [3.8, 4) is 0 Å². The molecule has 0 aliphatic rings. The van der Waals surface area contributed by atoms with Crippen molar-refractivity contribution < 1.29 is 24.9 Å². The van der Waals surface area contributed by atoms with Crippen LogP contribution in [0.4, 0.5) is 0 Å². The number of rotatable bonds is 4. The van der Waals surface area contributed by atoms with E-state index in [1.54, 1.807) is 0 Å². The van der Waals surface area contributed by atoms with Crippen molar-refractivity contribution in [3.63, 3.8) is 0 Å². The lowest BCUT2D eigenvalue weighted by Crippen LogP contribution is -2.45. The van der Waals surface area contributed by atoms with Gasteiger partial charge in [0.1, 0.15) is 12.2 Å². The first-order valence-corrected chi connectivity index (χ1v) is 2.79. The Bertz CT molecular complexity index is 159. The quantitative estimate of drug-likeness (QED) is 0.324. The normalized spacial score (nSPS) is 18.5. The van der Waals surface area contributed by atoms with Gasteiger partial charge in [0.2, 0.25) is 5.91 Å². The molecule has 0 aromatic rings. The summed E-state index contributed by atoms with van der Waals surface area (Å²) < 4.78 is 0. The highest BCUT2D eigenvalue weighted by Crippen LogP contribution is 1.96. The Morgan fingerprint density at radius 1 is 1.36 bits per heavy atom. The fourth-order valence-corrected chi connectivity index (χ4v) is 0.436. The molecule has 64 valence electrons. The largest absolute Gasteiger partial charge is 0.387 e. The maximum absolute atomic E-state index is 10.1. The molecule has 5 N–H and O–H groups in total. The summed E-state index contributed by atoms with van der Waals surface area (Å²) in [4.78, 5) is 19.9. The maximum atomic E-state index is 10.1. The van der Waals surface area contributed by atoms with E-state index in [1.165, 1.54) is 0 Å². The van der Waals surface area contributed by atoms with Crippen LogP contribution in [0.5, 0.6) is 0 Å². The van der Waals surface area contributed by atoms with E-state index >= 15 is 0 Å². The molecular formula is C5H9NO5. The number of carbonyl (C=O) groups is 2. The van der Waals surface area contributed by atoms with Gasteiger partial charge in [-0.15, -0.1) is 0 Å². The molecule has 0 spiro atoms. The molecule has 1 amide bonds. The Labute approximate surface area is 62.2 Å². The summed E-state index contributed by atoms with van der Waals surface area (Å²) in [5.41, 5.74) is 4.55. The summed E-state index contributed by atoms with van der Waals surface area (Å²) in [7, 11) is 0. The van der Waals surface area contributed by atoms with Gasteiger partial charge in [0.05, 0.1) is 0 Å². The lowest BCUT2D eigenvalue weighted by atomic mass is 10.1. The van der Waals surface area contributed by atoms with Crippen molar-refractivity contribution in [1.29, 1.82) is 0 Å². The highest BCUT2D eigenvalue weighted by molar-refractivity contribution is 5.80. The molecule has 0 aliphatic carbocycles. The van der Waals surface area contributed by atoms with Gasteiger partial charge in [-0.2, -0.15) is 0 Å². The summed E-state index contributed by atoms with van der Waals surface area (Å²) in [6, 6.07) is 0. The van der Waals surface area contributed by atoms with E-state index < -0.39 is 24.2 Å². The highest BCUT2D eigenvalue weighted by Gasteiger charge is 2.27. The summed E-state index contributed by atoms with van der Waals surface area (Å²) in [6.07, 6.45) is -5.57. The van der Waals surface area contributed by atoms with E-state index in [-0.39, 0.29) is 6.29 Å². The molecule has 0 aliphatic heterocycles. The second-order valence-electron chi connectivity index (χ2n) is 1.96. The second kappa shape index (κ2) is 4.02. The third-order valence-electron chi connectivity index (χ3n) is 1.10. The van der Waals surface area contributed by atoms with Crippen LogP contribution in [0.1, 0.15) is 0 Å². The zero-order valence-corrected chi connectivity index (χ0v) is 5.54. The third-order valence-corrected chi connectivity index (χ3v) is 1.10. The maximum Gasteiger partial charge on any atom is 0.249 e. The van der Waals surface area contributed by atoms with Gasteiger partial charge in [-0.3, -0.25) is 4.79 Å². The SMILES string of the molecule is NC(=O)[C@@H](O)[C@@H](O)[C@H](O)C=O. The Hall–Kier alpha value is -0.980. The molecule has 0 saturated carbocycles. The molecule has 3 atom stereocenters. The van der Waals surface area contributed by atoms with E-state index in [0.717, 1.165) is 0 Å². The molecule has 0 radical (unpaired) electrons. The molecule has 0 rings (SSSR count). The summed E-state index contributed by atoms with van der Waals surface area (Å²) >= 11 is 0. The van der Waals surface area contributed by atoms with Gasteiger partial charge in [0.15, 0.2) is 12.4 Å². The van der Waals surface area contributed by atoms with E-state index in [2.05, 4.69) is 5.73 Å².